The topological polar surface area (TPSA) is 50.7 Å². The van der Waals surface area contributed by atoms with Gasteiger partial charge in [-0.15, -0.1) is 0 Å². The summed E-state index contributed by atoms with van der Waals surface area (Å²) in [6.45, 7) is 4.57. The molecule has 0 heterocycles. The summed E-state index contributed by atoms with van der Waals surface area (Å²) in [5.74, 6) is 0.526. The number of nitrogens with zero attached hydrogens (tertiary/aromatic N) is 1. The van der Waals surface area contributed by atoms with Crippen molar-refractivity contribution in [2.24, 2.45) is 5.10 Å². The van der Waals surface area contributed by atoms with Gasteiger partial charge in [0.25, 0.3) is 5.91 Å². The van der Waals surface area contributed by atoms with E-state index in [0.717, 1.165) is 36.3 Å². The van der Waals surface area contributed by atoms with E-state index < -0.39 is 0 Å². The molecule has 2 rings (SSSR count). The summed E-state index contributed by atoms with van der Waals surface area (Å²) in [5.41, 5.74) is 5.20. The molecule has 0 saturated carbocycles. The van der Waals surface area contributed by atoms with Gasteiger partial charge in [-0.3, -0.25) is 4.79 Å². The van der Waals surface area contributed by atoms with Crippen molar-refractivity contribution in [3.8, 4) is 5.75 Å². The lowest BCUT2D eigenvalue weighted by atomic mass is 10.2. The molecule has 0 aliphatic carbocycles. The first-order valence-electron chi connectivity index (χ1n) is 8.29. The van der Waals surface area contributed by atoms with E-state index in [0.29, 0.717) is 12.2 Å². The zero-order valence-corrected chi connectivity index (χ0v) is 14.3. The highest BCUT2D eigenvalue weighted by Gasteiger charge is 2.05. The third-order valence-electron chi connectivity index (χ3n) is 3.61. The van der Waals surface area contributed by atoms with Gasteiger partial charge in [-0.2, -0.15) is 5.10 Å². The van der Waals surface area contributed by atoms with E-state index in [2.05, 4.69) is 17.5 Å². The van der Waals surface area contributed by atoms with E-state index >= 15 is 0 Å². The third-order valence-corrected chi connectivity index (χ3v) is 3.61. The summed E-state index contributed by atoms with van der Waals surface area (Å²) < 4.78 is 5.71. The van der Waals surface area contributed by atoms with Gasteiger partial charge in [-0.25, -0.2) is 5.43 Å². The van der Waals surface area contributed by atoms with Gasteiger partial charge in [-0.05, 0) is 49.6 Å². The summed E-state index contributed by atoms with van der Waals surface area (Å²) in [6, 6.07) is 17.0. The summed E-state index contributed by atoms with van der Waals surface area (Å²) in [7, 11) is 0. The van der Waals surface area contributed by atoms with Gasteiger partial charge in [0.05, 0.1) is 0 Å². The molecular formula is C20H24N2O2. The van der Waals surface area contributed by atoms with Crippen LogP contribution in [0.2, 0.25) is 0 Å². The Morgan fingerprint density at radius 3 is 2.46 bits per heavy atom. The Bertz CT molecular complexity index is 664. The highest BCUT2D eigenvalue weighted by Crippen LogP contribution is 2.14. The molecule has 0 aliphatic rings. The molecule has 1 N–H and O–H groups in total. The number of hydrazone groups is 1. The Labute approximate surface area is 143 Å². The lowest BCUT2D eigenvalue weighted by Gasteiger charge is -2.07. The fourth-order valence-electron chi connectivity index (χ4n) is 2.14. The minimum atomic E-state index is -0.208. The maximum atomic E-state index is 12.1. The predicted molar refractivity (Wildman–Crippen MR) is 97.3 cm³/mol. The number of unbranched alkanes of at least 4 members (excludes halogenated alkanes) is 1. The van der Waals surface area contributed by atoms with E-state index in [9.17, 15) is 4.79 Å². The van der Waals surface area contributed by atoms with Crippen LogP contribution in [0.15, 0.2) is 59.7 Å². The van der Waals surface area contributed by atoms with Crippen molar-refractivity contribution in [1.29, 1.82) is 0 Å². The molecule has 0 fully saturated rings. The van der Waals surface area contributed by atoms with Crippen LogP contribution in [-0.4, -0.2) is 11.6 Å². The van der Waals surface area contributed by atoms with Gasteiger partial charge < -0.3 is 4.74 Å². The molecule has 4 nitrogen and oxygen atoms in total. The standard InChI is InChI=1S/C20H24N2O2/c1-3-4-8-16(2)21-22-20(23)18-11-13-19(14-12-18)24-15-17-9-6-5-7-10-17/h5-7,9-14H,3-4,8,15H2,1-2H3,(H,22,23)/b21-16+. The molecule has 24 heavy (non-hydrogen) atoms. The second kappa shape index (κ2) is 9.50. The number of rotatable bonds is 8. The fraction of sp³-hybridized carbons (Fsp3) is 0.300. The maximum absolute atomic E-state index is 12.1. The molecule has 4 heteroatoms. The molecule has 0 unspecified atom stereocenters. The van der Waals surface area contributed by atoms with Gasteiger partial charge in [0.2, 0.25) is 0 Å². The number of hydrogen-bond acceptors (Lipinski definition) is 3. The van der Waals surface area contributed by atoms with E-state index in [4.69, 9.17) is 4.74 Å². The van der Waals surface area contributed by atoms with Crippen molar-refractivity contribution in [1.82, 2.24) is 5.43 Å². The third kappa shape index (κ3) is 5.88. The van der Waals surface area contributed by atoms with Crippen molar-refractivity contribution in [2.75, 3.05) is 0 Å². The molecule has 1 amide bonds. The second-order valence-electron chi connectivity index (χ2n) is 5.69. The first kappa shape index (κ1) is 17.7. The minimum absolute atomic E-state index is 0.208. The molecule has 0 bridgehead atoms. The number of carbonyl (C=O) groups is 1. The summed E-state index contributed by atoms with van der Waals surface area (Å²) in [5, 5.41) is 4.12. The summed E-state index contributed by atoms with van der Waals surface area (Å²) >= 11 is 0. The number of benzene rings is 2. The van der Waals surface area contributed by atoms with E-state index in [-0.39, 0.29) is 5.91 Å². The minimum Gasteiger partial charge on any atom is -0.489 e. The van der Waals surface area contributed by atoms with Gasteiger partial charge in [0, 0.05) is 11.3 Å². The Balaban J connectivity index is 1.85. The normalized spacial score (nSPS) is 11.2. The second-order valence-corrected chi connectivity index (χ2v) is 5.69. The van der Waals surface area contributed by atoms with Crippen molar-refractivity contribution >= 4 is 11.6 Å². The number of carbonyl (C=O) groups excluding carboxylic acids is 1. The number of ether oxygens (including phenoxy) is 1. The van der Waals surface area contributed by atoms with Crippen LogP contribution in [0.5, 0.6) is 5.75 Å². The van der Waals surface area contributed by atoms with Crippen molar-refractivity contribution in [2.45, 2.75) is 39.7 Å². The van der Waals surface area contributed by atoms with Crippen molar-refractivity contribution < 1.29 is 9.53 Å². The lowest BCUT2D eigenvalue weighted by Crippen LogP contribution is -2.19. The number of nitrogens with one attached hydrogen (secondary N) is 1. The smallest absolute Gasteiger partial charge is 0.271 e. The van der Waals surface area contributed by atoms with E-state index in [1.807, 2.05) is 37.3 Å². The molecule has 0 radical (unpaired) electrons. The van der Waals surface area contributed by atoms with E-state index in [1.165, 1.54) is 0 Å². The lowest BCUT2D eigenvalue weighted by molar-refractivity contribution is 0.0954. The van der Waals surface area contributed by atoms with Crippen LogP contribution < -0.4 is 10.2 Å². The molecule has 126 valence electrons. The SMILES string of the molecule is CCCC/C(C)=N/NC(=O)c1ccc(OCc2ccccc2)cc1. The monoisotopic (exact) mass is 324 g/mol. The molecule has 2 aromatic rings. The molecule has 2 aromatic carbocycles. The van der Waals surface area contributed by atoms with Crippen LogP contribution in [0.25, 0.3) is 0 Å². The zero-order chi connectivity index (χ0) is 17.2. The Morgan fingerprint density at radius 2 is 1.79 bits per heavy atom. The van der Waals surface area contributed by atoms with Gasteiger partial charge >= 0.3 is 0 Å². The van der Waals surface area contributed by atoms with Gasteiger partial charge in [0.1, 0.15) is 12.4 Å². The highest BCUT2D eigenvalue weighted by molar-refractivity contribution is 5.95. The quantitative estimate of drug-likeness (QED) is 0.571. The van der Waals surface area contributed by atoms with Crippen LogP contribution in [0.1, 0.15) is 49.0 Å². The molecule has 0 spiro atoms. The first-order chi connectivity index (χ1) is 11.7. The number of hydrogen-bond donors (Lipinski definition) is 1. The van der Waals surface area contributed by atoms with Crippen LogP contribution >= 0.6 is 0 Å². The van der Waals surface area contributed by atoms with Crippen LogP contribution in [-0.2, 0) is 6.61 Å². The summed E-state index contributed by atoms with van der Waals surface area (Å²) in [4.78, 5) is 12.1. The predicted octanol–water partition coefficient (Wildman–Crippen LogP) is 4.56. The van der Waals surface area contributed by atoms with Gasteiger partial charge in [-0.1, -0.05) is 43.7 Å². The van der Waals surface area contributed by atoms with Crippen molar-refractivity contribution in [3.63, 3.8) is 0 Å². The van der Waals surface area contributed by atoms with Crippen LogP contribution in [0, 0.1) is 0 Å². The van der Waals surface area contributed by atoms with E-state index in [1.54, 1.807) is 24.3 Å². The Morgan fingerprint density at radius 1 is 1.08 bits per heavy atom. The van der Waals surface area contributed by atoms with Crippen LogP contribution in [0.3, 0.4) is 0 Å². The molecule has 0 aliphatic heterocycles. The number of amides is 1. The van der Waals surface area contributed by atoms with Crippen molar-refractivity contribution in [3.05, 3.63) is 65.7 Å². The highest BCUT2D eigenvalue weighted by atomic mass is 16.5. The maximum Gasteiger partial charge on any atom is 0.271 e. The van der Waals surface area contributed by atoms with Gasteiger partial charge in [0.15, 0.2) is 0 Å². The zero-order valence-electron chi connectivity index (χ0n) is 14.3. The largest absolute Gasteiger partial charge is 0.489 e. The molecule has 0 atom stereocenters. The average Bonchev–Trinajstić information content (AvgIpc) is 2.64. The Kier molecular flexibility index (Phi) is 7.02. The first-order valence-corrected chi connectivity index (χ1v) is 8.29. The summed E-state index contributed by atoms with van der Waals surface area (Å²) in [6.07, 6.45) is 3.10. The Hall–Kier alpha value is -2.62. The molecular weight excluding hydrogens is 300 g/mol. The fourth-order valence-corrected chi connectivity index (χ4v) is 2.14. The molecule has 0 saturated heterocycles. The molecule has 0 aromatic heterocycles. The average molecular weight is 324 g/mol. The van der Waals surface area contributed by atoms with Crippen LogP contribution in [0.4, 0.5) is 0 Å².